The molecule has 21 heavy (non-hydrogen) atoms. The summed E-state index contributed by atoms with van der Waals surface area (Å²) in [7, 11) is 0. The normalized spacial score (nSPS) is 10.8. The number of hydrogen-bond acceptors (Lipinski definition) is 3. The maximum Gasteiger partial charge on any atom is 0.262 e. The second-order valence-corrected chi connectivity index (χ2v) is 4.64. The zero-order valence-electron chi connectivity index (χ0n) is 11.1. The molecule has 4 nitrogen and oxygen atoms in total. The van der Waals surface area contributed by atoms with Gasteiger partial charge in [-0.05, 0) is 35.4 Å². The number of amides is 1. The highest BCUT2D eigenvalue weighted by molar-refractivity contribution is 6.32. The summed E-state index contributed by atoms with van der Waals surface area (Å²) in [4.78, 5) is 15.9. The largest absolute Gasteiger partial charge is 0.347 e. The van der Waals surface area contributed by atoms with E-state index in [9.17, 15) is 4.79 Å². The zero-order chi connectivity index (χ0) is 15.1. The van der Waals surface area contributed by atoms with Crippen molar-refractivity contribution in [3.63, 3.8) is 0 Å². The first-order valence-corrected chi connectivity index (χ1v) is 6.62. The predicted molar refractivity (Wildman–Crippen MR) is 81.1 cm³/mol. The van der Waals surface area contributed by atoms with Crippen LogP contribution in [-0.4, -0.2) is 10.9 Å². The summed E-state index contributed by atoms with van der Waals surface area (Å²) in [5.74, 6) is -0.436. The van der Waals surface area contributed by atoms with Gasteiger partial charge < -0.3 is 5.32 Å². The molecule has 0 aliphatic heterocycles. The fourth-order valence-electron chi connectivity index (χ4n) is 1.67. The summed E-state index contributed by atoms with van der Waals surface area (Å²) < 4.78 is 0. The molecule has 0 atom stereocenters. The number of nitriles is 1. The standard InChI is InChI=1S/C16H12ClN3O/c17-15-4-2-1-3-13(15)9-14(10-18)16(21)20-11-12-5-7-19-8-6-12/h1-9H,11H2,(H,20,21)/b14-9+. The van der Waals surface area contributed by atoms with Gasteiger partial charge in [0.1, 0.15) is 11.6 Å². The van der Waals surface area contributed by atoms with E-state index >= 15 is 0 Å². The van der Waals surface area contributed by atoms with Gasteiger partial charge in [-0.1, -0.05) is 29.8 Å². The number of benzene rings is 1. The smallest absolute Gasteiger partial charge is 0.262 e. The van der Waals surface area contributed by atoms with Gasteiger partial charge in [-0.2, -0.15) is 5.26 Å². The van der Waals surface area contributed by atoms with E-state index in [0.717, 1.165) is 5.56 Å². The van der Waals surface area contributed by atoms with Crippen LogP contribution in [0.2, 0.25) is 5.02 Å². The Morgan fingerprint density at radius 2 is 2.00 bits per heavy atom. The van der Waals surface area contributed by atoms with E-state index < -0.39 is 5.91 Å². The van der Waals surface area contributed by atoms with Gasteiger partial charge in [-0.15, -0.1) is 0 Å². The summed E-state index contributed by atoms with van der Waals surface area (Å²) in [5.41, 5.74) is 1.56. The Morgan fingerprint density at radius 1 is 1.29 bits per heavy atom. The van der Waals surface area contributed by atoms with Crippen molar-refractivity contribution in [3.05, 3.63) is 70.5 Å². The average molecular weight is 298 g/mol. The van der Waals surface area contributed by atoms with Crippen LogP contribution >= 0.6 is 11.6 Å². The fourth-order valence-corrected chi connectivity index (χ4v) is 1.86. The molecular formula is C16H12ClN3O. The number of pyridine rings is 1. The lowest BCUT2D eigenvalue weighted by atomic mass is 10.1. The number of nitrogens with one attached hydrogen (secondary N) is 1. The van der Waals surface area contributed by atoms with Crippen LogP contribution in [0.1, 0.15) is 11.1 Å². The number of carbonyl (C=O) groups excluding carboxylic acids is 1. The molecule has 1 amide bonds. The van der Waals surface area contributed by atoms with Crippen molar-refractivity contribution in [3.8, 4) is 6.07 Å². The van der Waals surface area contributed by atoms with E-state index in [2.05, 4.69) is 10.3 Å². The lowest BCUT2D eigenvalue weighted by Crippen LogP contribution is -2.23. The Labute approximate surface area is 127 Å². The van der Waals surface area contributed by atoms with Crippen LogP contribution in [0.3, 0.4) is 0 Å². The Hall–Kier alpha value is -2.64. The molecule has 2 rings (SSSR count). The third-order valence-corrected chi connectivity index (χ3v) is 3.12. The molecule has 0 fully saturated rings. The summed E-state index contributed by atoms with van der Waals surface area (Å²) in [6.45, 7) is 0.336. The predicted octanol–water partition coefficient (Wildman–Crippen LogP) is 2.96. The molecule has 1 heterocycles. The number of hydrogen-bond donors (Lipinski definition) is 1. The zero-order valence-corrected chi connectivity index (χ0v) is 11.8. The Balaban J connectivity index is 2.09. The first-order valence-electron chi connectivity index (χ1n) is 6.24. The van der Waals surface area contributed by atoms with E-state index in [0.29, 0.717) is 17.1 Å². The van der Waals surface area contributed by atoms with Gasteiger partial charge in [-0.3, -0.25) is 9.78 Å². The van der Waals surface area contributed by atoms with Gasteiger partial charge in [0, 0.05) is 24.0 Å². The highest BCUT2D eigenvalue weighted by Gasteiger charge is 2.09. The van der Waals surface area contributed by atoms with E-state index in [-0.39, 0.29) is 5.57 Å². The van der Waals surface area contributed by atoms with Gasteiger partial charge in [-0.25, -0.2) is 0 Å². The number of aromatic nitrogens is 1. The molecule has 0 spiro atoms. The van der Waals surface area contributed by atoms with Crippen LogP contribution in [0.5, 0.6) is 0 Å². The molecule has 0 aliphatic rings. The minimum absolute atomic E-state index is 0.0113. The fraction of sp³-hybridized carbons (Fsp3) is 0.0625. The summed E-state index contributed by atoms with van der Waals surface area (Å²) in [6.07, 6.45) is 4.77. The van der Waals surface area contributed by atoms with Crippen molar-refractivity contribution in [2.24, 2.45) is 0 Å². The first kappa shape index (κ1) is 14.8. The SMILES string of the molecule is N#C/C(=C\c1ccccc1Cl)C(=O)NCc1ccncc1. The third kappa shape index (κ3) is 4.16. The summed E-state index contributed by atoms with van der Waals surface area (Å²) >= 11 is 6.01. The van der Waals surface area contributed by atoms with Gasteiger partial charge in [0.15, 0.2) is 0 Å². The molecule has 0 unspecified atom stereocenters. The molecule has 2 aromatic rings. The number of carbonyl (C=O) groups is 1. The lowest BCUT2D eigenvalue weighted by Gasteiger charge is -2.04. The maximum absolute atomic E-state index is 12.0. The van der Waals surface area contributed by atoms with Crippen molar-refractivity contribution in [1.29, 1.82) is 5.26 Å². The molecule has 0 saturated heterocycles. The van der Waals surface area contributed by atoms with Gasteiger partial charge in [0.25, 0.3) is 5.91 Å². The molecule has 1 aromatic carbocycles. The number of rotatable bonds is 4. The first-order chi connectivity index (χ1) is 10.2. The number of nitrogens with zero attached hydrogens (tertiary/aromatic N) is 2. The summed E-state index contributed by atoms with van der Waals surface area (Å²) in [5, 5.41) is 12.3. The second kappa shape index (κ2) is 7.22. The Morgan fingerprint density at radius 3 is 2.67 bits per heavy atom. The molecule has 0 bridgehead atoms. The average Bonchev–Trinajstić information content (AvgIpc) is 2.53. The van der Waals surface area contributed by atoms with Crippen LogP contribution in [0.25, 0.3) is 6.08 Å². The topological polar surface area (TPSA) is 65.8 Å². The highest BCUT2D eigenvalue weighted by Crippen LogP contribution is 2.18. The third-order valence-electron chi connectivity index (χ3n) is 2.77. The molecular weight excluding hydrogens is 286 g/mol. The monoisotopic (exact) mass is 297 g/mol. The van der Waals surface area contributed by atoms with Crippen LogP contribution < -0.4 is 5.32 Å². The van der Waals surface area contributed by atoms with Crippen molar-refractivity contribution in [2.75, 3.05) is 0 Å². The Bertz CT molecular complexity index is 705. The van der Waals surface area contributed by atoms with Gasteiger partial charge >= 0.3 is 0 Å². The van der Waals surface area contributed by atoms with Crippen molar-refractivity contribution in [2.45, 2.75) is 6.54 Å². The lowest BCUT2D eigenvalue weighted by molar-refractivity contribution is -0.117. The second-order valence-electron chi connectivity index (χ2n) is 4.23. The molecule has 0 saturated carbocycles. The molecule has 0 aliphatic carbocycles. The molecule has 104 valence electrons. The Kier molecular flexibility index (Phi) is 5.08. The minimum Gasteiger partial charge on any atom is -0.347 e. The summed E-state index contributed by atoms with van der Waals surface area (Å²) in [6, 6.07) is 12.5. The van der Waals surface area contributed by atoms with E-state index in [4.69, 9.17) is 16.9 Å². The van der Waals surface area contributed by atoms with E-state index in [1.165, 1.54) is 6.08 Å². The minimum atomic E-state index is -0.436. The van der Waals surface area contributed by atoms with E-state index in [1.54, 1.807) is 48.8 Å². The van der Waals surface area contributed by atoms with Crippen molar-refractivity contribution < 1.29 is 4.79 Å². The highest BCUT2D eigenvalue weighted by atomic mass is 35.5. The van der Waals surface area contributed by atoms with Gasteiger partial charge in [0.05, 0.1) is 0 Å². The molecule has 5 heteroatoms. The van der Waals surface area contributed by atoms with Crippen LogP contribution in [-0.2, 0) is 11.3 Å². The van der Waals surface area contributed by atoms with Gasteiger partial charge in [0.2, 0.25) is 0 Å². The van der Waals surface area contributed by atoms with Crippen molar-refractivity contribution in [1.82, 2.24) is 10.3 Å². The van der Waals surface area contributed by atoms with Crippen LogP contribution in [0, 0.1) is 11.3 Å². The molecule has 0 radical (unpaired) electrons. The van der Waals surface area contributed by atoms with Crippen LogP contribution in [0.4, 0.5) is 0 Å². The maximum atomic E-state index is 12.0. The number of halogens is 1. The quantitative estimate of drug-likeness (QED) is 0.697. The molecule has 1 N–H and O–H groups in total. The molecule has 1 aromatic heterocycles. The van der Waals surface area contributed by atoms with E-state index in [1.807, 2.05) is 6.07 Å². The van der Waals surface area contributed by atoms with Crippen molar-refractivity contribution >= 4 is 23.6 Å². The van der Waals surface area contributed by atoms with Crippen LogP contribution in [0.15, 0.2) is 54.4 Å².